The van der Waals surface area contributed by atoms with Gasteiger partial charge >= 0.3 is 0 Å². The van der Waals surface area contributed by atoms with Crippen molar-refractivity contribution in [3.05, 3.63) is 29.3 Å². The molecule has 0 unspecified atom stereocenters. The van der Waals surface area contributed by atoms with Crippen LogP contribution in [0.5, 0.6) is 0 Å². The Hall–Kier alpha value is -0.180. The molecule has 1 N–H and O–H groups in total. The maximum Gasteiger partial charge on any atom is 0.0741 e. The standard InChI is InChI=1S/C13H17ClOS/c14-11-5-4-6-12(9-11)16-10-13(15)7-2-1-3-8-13/h4-6,9,15H,1-3,7-8,10H2. The van der Waals surface area contributed by atoms with Crippen molar-refractivity contribution in [3.8, 4) is 0 Å². The second-order valence-electron chi connectivity index (χ2n) is 4.53. The summed E-state index contributed by atoms with van der Waals surface area (Å²) in [6.45, 7) is 0. The molecule has 0 aliphatic heterocycles. The van der Waals surface area contributed by atoms with Gasteiger partial charge in [-0.2, -0.15) is 0 Å². The average Bonchev–Trinajstić information content (AvgIpc) is 2.28. The molecule has 2 rings (SSSR count). The molecule has 1 nitrogen and oxygen atoms in total. The number of benzene rings is 1. The van der Waals surface area contributed by atoms with Gasteiger partial charge in [0.2, 0.25) is 0 Å². The zero-order valence-corrected chi connectivity index (χ0v) is 10.9. The van der Waals surface area contributed by atoms with Crippen LogP contribution in [-0.4, -0.2) is 16.5 Å². The van der Waals surface area contributed by atoms with Crippen LogP contribution < -0.4 is 0 Å². The average molecular weight is 257 g/mol. The molecule has 1 aliphatic carbocycles. The number of hydrogen-bond acceptors (Lipinski definition) is 2. The van der Waals surface area contributed by atoms with Gasteiger partial charge in [-0.1, -0.05) is 36.9 Å². The molecule has 0 aromatic heterocycles. The van der Waals surface area contributed by atoms with Crippen molar-refractivity contribution in [2.45, 2.75) is 42.6 Å². The summed E-state index contributed by atoms with van der Waals surface area (Å²) in [5.74, 6) is 0.785. The number of hydrogen-bond donors (Lipinski definition) is 1. The van der Waals surface area contributed by atoms with Crippen LogP contribution in [0.15, 0.2) is 29.2 Å². The fraction of sp³-hybridized carbons (Fsp3) is 0.538. The topological polar surface area (TPSA) is 20.2 Å². The van der Waals surface area contributed by atoms with Crippen LogP contribution in [-0.2, 0) is 0 Å². The Morgan fingerprint density at radius 1 is 1.25 bits per heavy atom. The Morgan fingerprint density at radius 2 is 2.00 bits per heavy atom. The van der Waals surface area contributed by atoms with Crippen LogP contribution in [0.4, 0.5) is 0 Å². The minimum Gasteiger partial charge on any atom is -0.389 e. The van der Waals surface area contributed by atoms with Crippen molar-refractivity contribution in [2.75, 3.05) is 5.75 Å². The Labute approximate surface area is 106 Å². The lowest BCUT2D eigenvalue weighted by atomic mass is 9.86. The van der Waals surface area contributed by atoms with Gasteiger partial charge in [-0.25, -0.2) is 0 Å². The second kappa shape index (κ2) is 5.44. The van der Waals surface area contributed by atoms with Crippen LogP contribution in [0.3, 0.4) is 0 Å². The molecule has 1 aromatic carbocycles. The van der Waals surface area contributed by atoms with Crippen LogP contribution >= 0.6 is 23.4 Å². The maximum absolute atomic E-state index is 10.3. The highest BCUT2D eigenvalue weighted by atomic mass is 35.5. The second-order valence-corrected chi connectivity index (χ2v) is 6.02. The largest absolute Gasteiger partial charge is 0.389 e. The van der Waals surface area contributed by atoms with Crippen LogP contribution in [0, 0.1) is 0 Å². The third-order valence-electron chi connectivity index (χ3n) is 3.09. The Bertz CT molecular complexity index is 348. The first-order valence-electron chi connectivity index (χ1n) is 5.79. The van der Waals surface area contributed by atoms with Crippen LogP contribution in [0.25, 0.3) is 0 Å². The molecule has 0 amide bonds. The van der Waals surface area contributed by atoms with E-state index in [4.69, 9.17) is 11.6 Å². The lowest BCUT2D eigenvalue weighted by Gasteiger charge is -2.31. The van der Waals surface area contributed by atoms with Gasteiger partial charge in [0.25, 0.3) is 0 Å². The molecule has 0 saturated heterocycles. The maximum atomic E-state index is 10.3. The normalized spacial score (nSPS) is 19.6. The van der Waals surface area contributed by atoms with Gasteiger partial charge < -0.3 is 5.11 Å². The molecule has 1 aliphatic rings. The van der Waals surface area contributed by atoms with E-state index in [0.717, 1.165) is 41.4 Å². The molecule has 1 fully saturated rings. The first kappa shape index (κ1) is 12.3. The van der Waals surface area contributed by atoms with E-state index in [1.165, 1.54) is 6.42 Å². The van der Waals surface area contributed by atoms with Crippen molar-refractivity contribution in [3.63, 3.8) is 0 Å². The molecule has 0 bridgehead atoms. The quantitative estimate of drug-likeness (QED) is 0.821. The van der Waals surface area contributed by atoms with E-state index in [9.17, 15) is 5.11 Å². The third-order valence-corrected chi connectivity index (χ3v) is 4.59. The van der Waals surface area contributed by atoms with Crippen molar-refractivity contribution >= 4 is 23.4 Å². The minimum atomic E-state index is -0.453. The molecule has 0 spiro atoms. The minimum absolute atomic E-state index is 0.453. The summed E-state index contributed by atoms with van der Waals surface area (Å²) in [5, 5.41) is 11.1. The summed E-state index contributed by atoms with van der Waals surface area (Å²) < 4.78 is 0. The number of halogens is 1. The monoisotopic (exact) mass is 256 g/mol. The highest BCUT2D eigenvalue weighted by molar-refractivity contribution is 7.99. The predicted octanol–water partition coefficient (Wildman–Crippen LogP) is 4.13. The summed E-state index contributed by atoms with van der Waals surface area (Å²) in [7, 11) is 0. The van der Waals surface area contributed by atoms with Gasteiger partial charge in [-0.3, -0.25) is 0 Å². The SMILES string of the molecule is OC1(CSc2cccc(Cl)c2)CCCCC1. The lowest BCUT2D eigenvalue weighted by Crippen LogP contribution is -2.33. The molecule has 0 atom stereocenters. The Balaban J connectivity index is 1.91. The molecule has 0 heterocycles. The smallest absolute Gasteiger partial charge is 0.0741 e. The van der Waals surface area contributed by atoms with Gasteiger partial charge in [0.15, 0.2) is 0 Å². The van der Waals surface area contributed by atoms with Crippen molar-refractivity contribution in [1.29, 1.82) is 0 Å². The number of rotatable bonds is 3. The van der Waals surface area contributed by atoms with E-state index in [1.807, 2.05) is 24.3 Å². The Kier molecular flexibility index (Phi) is 4.17. The fourth-order valence-corrected chi connectivity index (χ4v) is 3.49. The molecular weight excluding hydrogens is 240 g/mol. The number of thioether (sulfide) groups is 1. The van der Waals surface area contributed by atoms with Crippen molar-refractivity contribution < 1.29 is 5.11 Å². The zero-order valence-electron chi connectivity index (χ0n) is 9.29. The lowest BCUT2D eigenvalue weighted by molar-refractivity contribution is 0.0273. The van der Waals surface area contributed by atoms with Gasteiger partial charge in [0.1, 0.15) is 0 Å². The highest BCUT2D eigenvalue weighted by Gasteiger charge is 2.28. The number of aliphatic hydroxyl groups is 1. The zero-order chi connectivity index (χ0) is 11.4. The van der Waals surface area contributed by atoms with Crippen LogP contribution in [0.1, 0.15) is 32.1 Å². The summed E-state index contributed by atoms with van der Waals surface area (Å²) in [6.07, 6.45) is 5.48. The van der Waals surface area contributed by atoms with Crippen molar-refractivity contribution in [2.24, 2.45) is 0 Å². The van der Waals surface area contributed by atoms with Gasteiger partial charge in [-0.05, 0) is 31.0 Å². The van der Waals surface area contributed by atoms with Crippen LogP contribution in [0.2, 0.25) is 5.02 Å². The molecular formula is C13H17ClOS. The van der Waals surface area contributed by atoms with Gasteiger partial charge in [0.05, 0.1) is 5.60 Å². The van der Waals surface area contributed by atoms with E-state index < -0.39 is 5.60 Å². The summed E-state index contributed by atoms with van der Waals surface area (Å²) in [6, 6.07) is 7.83. The van der Waals surface area contributed by atoms with E-state index in [0.29, 0.717) is 0 Å². The summed E-state index contributed by atoms with van der Waals surface area (Å²) >= 11 is 7.63. The molecule has 16 heavy (non-hydrogen) atoms. The molecule has 1 aromatic rings. The first-order valence-corrected chi connectivity index (χ1v) is 7.15. The molecule has 0 radical (unpaired) electrons. The molecule has 3 heteroatoms. The predicted molar refractivity (Wildman–Crippen MR) is 70.2 cm³/mol. The van der Waals surface area contributed by atoms with Crippen molar-refractivity contribution in [1.82, 2.24) is 0 Å². The highest BCUT2D eigenvalue weighted by Crippen LogP contribution is 2.33. The third kappa shape index (κ3) is 3.41. The van der Waals surface area contributed by atoms with Gasteiger partial charge in [0, 0.05) is 15.7 Å². The van der Waals surface area contributed by atoms with E-state index in [1.54, 1.807) is 11.8 Å². The molecule has 1 saturated carbocycles. The van der Waals surface area contributed by atoms with E-state index in [2.05, 4.69) is 0 Å². The summed E-state index contributed by atoms with van der Waals surface area (Å²) in [5.41, 5.74) is -0.453. The van der Waals surface area contributed by atoms with E-state index in [-0.39, 0.29) is 0 Å². The van der Waals surface area contributed by atoms with E-state index >= 15 is 0 Å². The molecule has 88 valence electrons. The fourth-order valence-electron chi connectivity index (χ4n) is 2.13. The summed E-state index contributed by atoms with van der Waals surface area (Å²) in [4.78, 5) is 1.14. The van der Waals surface area contributed by atoms with Gasteiger partial charge in [-0.15, -0.1) is 11.8 Å². The Morgan fingerprint density at radius 3 is 2.69 bits per heavy atom. The first-order chi connectivity index (χ1) is 7.68.